The molecule has 0 fully saturated rings. The Morgan fingerprint density at radius 1 is 0.881 bits per heavy atom. The summed E-state index contributed by atoms with van der Waals surface area (Å²) in [6.45, 7) is -0.102. The lowest BCUT2D eigenvalue weighted by molar-refractivity contribution is -0.146. The van der Waals surface area contributed by atoms with Crippen molar-refractivity contribution in [3.8, 4) is 16.9 Å². The van der Waals surface area contributed by atoms with Crippen LogP contribution in [0.25, 0.3) is 11.1 Å². The van der Waals surface area contributed by atoms with Crippen molar-refractivity contribution in [2.24, 2.45) is 5.73 Å². The highest BCUT2D eigenvalue weighted by molar-refractivity contribution is 5.93. The van der Waals surface area contributed by atoms with E-state index in [2.05, 4.69) is 17.4 Å². The molecule has 1 aliphatic carbocycles. The van der Waals surface area contributed by atoms with Gasteiger partial charge in [0.15, 0.2) is 0 Å². The Morgan fingerprint density at radius 3 is 2.17 bits per heavy atom. The summed E-state index contributed by atoms with van der Waals surface area (Å²) in [7, 11) is 1.26. The molecule has 0 heterocycles. The van der Waals surface area contributed by atoms with Crippen molar-refractivity contribution in [3.63, 3.8) is 0 Å². The highest BCUT2D eigenvalue weighted by Crippen LogP contribution is 2.44. The lowest BCUT2D eigenvalue weighted by atomic mass is 9.98. The van der Waals surface area contributed by atoms with E-state index in [0.717, 1.165) is 27.8 Å². The molecule has 9 nitrogen and oxygen atoms in total. The van der Waals surface area contributed by atoms with E-state index >= 15 is 0 Å². The Morgan fingerprint density at radius 2 is 1.52 bits per heavy atom. The van der Waals surface area contributed by atoms with E-state index in [4.69, 9.17) is 19.9 Å². The first-order valence-corrected chi connectivity index (χ1v) is 13.4. The van der Waals surface area contributed by atoms with E-state index in [1.54, 1.807) is 18.2 Å². The Balaban J connectivity index is 1.26. The third-order valence-electron chi connectivity index (χ3n) is 7.18. The molecule has 0 aliphatic heterocycles. The van der Waals surface area contributed by atoms with E-state index in [9.17, 15) is 19.5 Å². The van der Waals surface area contributed by atoms with Gasteiger partial charge in [0, 0.05) is 11.5 Å². The van der Waals surface area contributed by atoms with Crippen LogP contribution in [0.5, 0.6) is 5.75 Å². The number of phenolic OH excluding ortho intramolecular Hbond substituents is 1. The first kappa shape index (κ1) is 28.4. The number of nitrogens with two attached hydrogens (primary N) is 1. The monoisotopic (exact) mass is 566 g/mol. The van der Waals surface area contributed by atoms with Crippen molar-refractivity contribution in [3.05, 3.63) is 119 Å². The number of carbonyl (C=O) groups is 3. The largest absolute Gasteiger partial charge is 0.508 e. The summed E-state index contributed by atoms with van der Waals surface area (Å²) in [6.07, 6.45) is -0.513. The van der Waals surface area contributed by atoms with Gasteiger partial charge in [0.25, 0.3) is 0 Å². The highest BCUT2D eigenvalue weighted by Gasteiger charge is 2.29. The minimum Gasteiger partial charge on any atom is -0.508 e. The smallest absolute Gasteiger partial charge is 0.411 e. The van der Waals surface area contributed by atoms with Crippen molar-refractivity contribution >= 4 is 23.7 Å². The predicted molar refractivity (Wildman–Crippen MR) is 156 cm³/mol. The average Bonchev–Trinajstić information content (AvgIpc) is 3.33. The zero-order valence-corrected chi connectivity index (χ0v) is 22.9. The minimum absolute atomic E-state index is 0.104. The number of rotatable bonds is 9. The molecule has 4 aromatic carbocycles. The molecular formula is C33H30N2O7. The van der Waals surface area contributed by atoms with E-state index in [1.165, 1.54) is 31.4 Å². The molecule has 0 bridgehead atoms. The molecule has 9 heteroatoms. The number of carbonyl (C=O) groups excluding carboxylic acids is 3. The van der Waals surface area contributed by atoms with Crippen molar-refractivity contribution in [2.75, 3.05) is 19.0 Å². The molecule has 0 saturated carbocycles. The molecule has 0 aromatic heterocycles. The van der Waals surface area contributed by atoms with Crippen LogP contribution in [0.4, 0.5) is 10.5 Å². The van der Waals surface area contributed by atoms with Crippen LogP contribution in [-0.4, -0.2) is 42.9 Å². The maximum Gasteiger partial charge on any atom is 0.411 e. The number of benzene rings is 4. The number of nitrogens with one attached hydrogen (secondary N) is 1. The second-order valence-corrected chi connectivity index (χ2v) is 9.90. The van der Waals surface area contributed by atoms with Gasteiger partial charge in [-0.15, -0.1) is 0 Å². The Bertz CT molecular complexity index is 1570. The van der Waals surface area contributed by atoms with Crippen molar-refractivity contribution in [2.45, 2.75) is 25.0 Å². The van der Waals surface area contributed by atoms with Crippen molar-refractivity contribution < 1.29 is 33.7 Å². The van der Waals surface area contributed by atoms with Gasteiger partial charge in [-0.3, -0.25) is 10.1 Å². The number of anilines is 1. The fraction of sp³-hybridized carbons (Fsp3) is 0.182. The summed E-state index contributed by atoms with van der Waals surface area (Å²) < 4.78 is 15.9. The summed E-state index contributed by atoms with van der Waals surface area (Å²) >= 11 is 0. The van der Waals surface area contributed by atoms with Gasteiger partial charge in [0.1, 0.15) is 25.0 Å². The summed E-state index contributed by atoms with van der Waals surface area (Å²) in [5.41, 5.74) is 12.0. The second-order valence-electron chi connectivity index (χ2n) is 9.90. The molecule has 0 unspecified atom stereocenters. The van der Waals surface area contributed by atoms with E-state index in [0.29, 0.717) is 5.56 Å². The quantitative estimate of drug-likeness (QED) is 0.187. The first-order chi connectivity index (χ1) is 20.3. The molecule has 4 N–H and O–H groups in total. The number of aromatic hydroxyl groups is 1. The van der Waals surface area contributed by atoms with Gasteiger partial charge in [0.05, 0.1) is 18.4 Å². The zero-order chi connectivity index (χ0) is 29.6. The number of methoxy groups -OCH3 is 1. The SMILES string of the molecule is COC(=O)c1ccc(COC(=O)[C@@H](N)Cc2ccc(O)cc2)c(NC(=O)OCC2c3ccccc3-c3ccccc32)c1. The average molecular weight is 567 g/mol. The molecule has 0 spiro atoms. The van der Waals surface area contributed by atoms with Crippen LogP contribution in [0, 0.1) is 0 Å². The first-order valence-electron chi connectivity index (χ1n) is 13.4. The van der Waals surface area contributed by atoms with Gasteiger partial charge < -0.3 is 25.1 Å². The summed E-state index contributed by atoms with van der Waals surface area (Å²) in [5, 5.41) is 12.1. The molecular weight excluding hydrogens is 536 g/mol. The molecule has 4 aromatic rings. The Hall–Kier alpha value is -5.15. The summed E-state index contributed by atoms with van der Waals surface area (Å²) in [4.78, 5) is 37.7. The number of esters is 2. The molecule has 5 rings (SSSR count). The van der Waals surface area contributed by atoms with Crippen LogP contribution in [-0.2, 0) is 32.0 Å². The zero-order valence-electron chi connectivity index (χ0n) is 22.9. The minimum atomic E-state index is -0.942. The van der Waals surface area contributed by atoms with Gasteiger partial charge in [-0.25, -0.2) is 9.59 Å². The fourth-order valence-corrected chi connectivity index (χ4v) is 5.03. The normalized spacial score (nSPS) is 12.5. The lowest BCUT2D eigenvalue weighted by Crippen LogP contribution is -2.34. The topological polar surface area (TPSA) is 137 Å². The predicted octanol–water partition coefficient (Wildman–Crippen LogP) is 5.15. The number of hydrogen-bond acceptors (Lipinski definition) is 8. The highest BCUT2D eigenvalue weighted by atomic mass is 16.6. The van der Waals surface area contributed by atoms with Gasteiger partial charge in [-0.1, -0.05) is 66.7 Å². The Labute approximate surface area is 242 Å². The second kappa shape index (κ2) is 12.6. The Kier molecular flexibility index (Phi) is 8.50. The van der Waals surface area contributed by atoms with Crippen LogP contribution >= 0.6 is 0 Å². The maximum atomic E-state index is 13.0. The molecule has 214 valence electrons. The van der Waals surface area contributed by atoms with E-state index in [1.807, 2.05) is 36.4 Å². The molecule has 42 heavy (non-hydrogen) atoms. The molecule has 0 radical (unpaired) electrons. The van der Waals surface area contributed by atoms with E-state index in [-0.39, 0.29) is 42.6 Å². The third-order valence-corrected chi connectivity index (χ3v) is 7.18. The van der Waals surface area contributed by atoms with Crippen molar-refractivity contribution in [1.82, 2.24) is 0 Å². The molecule has 1 aliphatic rings. The molecule has 0 saturated heterocycles. The van der Waals surface area contributed by atoms with Gasteiger partial charge in [0.2, 0.25) is 0 Å². The van der Waals surface area contributed by atoms with Gasteiger partial charge in [-0.05, 0) is 58.5 Å². The number of fused-ring (bicyclic) bond motifs is 3. The number of ether oxygens (including phenoxy) is 3. The van der Waals surface area contributed by atoms with Crippen LogP contribution in [0.3, 0.4) is 0 Å². The van der Waals surface area contributed by atoms with Gasteiger partial charge >= 0.3 is 18.0 Å². The van der Waals surface area contributed by atoms with E-state index < -0.39 is 24.1 Å². The maximum absolute atomic E-state index is 13.0. The fourth-order valence-electron chi connectivity index (χ4n) is 5.03. The molecule has 1 atom stereocenters. The number of amides is 1. The third kappa shape index (κ3) is 6.26. The number of phenols is 1. The van der Waals surface area contributed by atoms with Crippen LogP contribution in [0.2, 0.25) is 0 Å². The number of hydrogen-bond donors (Lipinski definition) is 3. The van der Waals surface area contributed by atoms with Crippen molar-refractivity contribution in [1.29, 1.82) is 0 Å². The lowest BCUT2D eigenvalue weighted by Gasteiger charge is -2.17. The summed E-state index contributed by atoms with van der Waals surface area (Å²) in [6, 6.07) is 26.0. The summed E-state index contributed by atoms with van der Waals surface area (Å²) in [5.74, 6) is -1.25. The standard InChI is InChI=1S/C33H30N2O7/c1-40-31(37)21-12-13-22(18-41-32(38)29(34)16-20-10-14-23(36)15-11-20)30(17-21)35-33(39)42-19-28-26-8-4-2-6-24(26)25-7-3-5-9-27(25)28/h2-15,17,28-29,36H,16,18-19,34H2,1H3,(H,35,39)/t29-/m0/s1. The van der Waals surface area contributed by atoms with Crippen LogP contribution < -0.4 is 11.1 Å². The van der Waals surface area contributed by atoms with Crippen LogP contribution in [0.1, 0.15) is 38.5 Å². The molecule has 1 amide bonds. The van der Waals surface area contributed by atoms with Crippen LogP contribution in [0.15, 0.2) is 91.0 Å². The van der Waals surface area contributed by atoms with Gasteiger partial charge in [-0.2, -0.15) is 0 Å².